The molecule has 0 heterocycles. The van der Waals surface area contributed by atoms with Gasteiger partial charge in [-0.1, -0.05) is 315 Å². The molecular formula is C77H128O6. The fourth-order valence-electron chi connectivity index (χ4n) is 9.54. The lowest BCUT2D eigenvalue weighted by Crippen LogP contribution is -2.30. The summed E-state index contributed by atoms with van der Waals surface area (Å²) in [5.74, 6) is -1.04. The molecule has 6 nitrogen and oxygen atoms in total. The molecule has 0 aliphatic heterocycles. The molecule has 6 heteroatoms. The minimum absolute atomic E-state index is 0.111. The maximum absolute atomic E-state index is 12.9. The van der Waals surface area contributed by atoms with E-state index in [9.17, 15) is 14.4 Å². The van der Waals surface area contributed by atoms with Crippen molar-refractivity contribution >= 4 is 17.9 Å². The third kappa shape index (κ3) is 68.2. The van der Waals surface area contributed by atoms with Gasteiger partial charge < -0.3 is 14.2 Å². The predicted octanol–water partition coefficient (Wildman–Crippen LogP) is 24.1. The molecule has 1 atom stereocenters. The Hall–Kier alpha value is -4.45. The van der Waals surface area contributed by atoms with Gasteiger partial charge >= 0.3 is 17.9 Å². The lowest BCUT2D eigenvalue weighted by atomic mass is 10.0. The van der Waals surface area contributed by atoms with Crippen molar-refractivity contribution in [2.24, 2.45) is 0 Å². The van der Waals surface area contributed by atoms with Gasteiger partial charge in [0.1, 0.15) is 13.2 Å². The van der Waals surface area contributed by atoms with E-state index in [1.54, 1.807) is 6.08 Å². The Morgan fingerprint density at radius 1 is 0.265 bits per heavy atom. The maximum Gasteiger partial charge on any atom is 0.309 e. The molecule has 0 bridgehead atoms. The summed E-state index contributed by atoms with van der Waals surface area (Å²) in [5, 5.41) is 0. The first-order chi connectivity index (χ1) is 41.0. The van der Waals surface area contributed by atoms with Gasteiger partial charge in [0.2, 0.25) is 0 Å². The summed E-state index contributed by atoms with van der Waals surface area (Å²) in [5.41, 5.74) is 0. The molecule has 0 spiro atoms. The van der Waals surface area contributed by atoms with Crippen LogP contribution in [0.3, 0.4) is 0 Å². The SMILES string of the molecule is CC/C=C\C/C=C\C/C=C\C/C=C\C/C=C\CCCCCCCCCCCCCCCC(=O)OCC(COC(=O)C/C=C\C/C=C\C/C=C\C/C=C\C/C=C\CC)OC(=O)CCCCCCCCCCC/C=C\CCCCCCCCCC. The van der Waals surface area contributed by atoms with Crippen LogP contribution < -0.4 is 0 Å². The van der Waals surface area contributed by atoms with Gasteiger partial charge in [-0.05, 0) is 116 Å². The van der Waals surface area contributed by atoms with E-state index in [0.29, 0.717) is 12.8 Å². The highest BCUT2D eigenvalue weighted by Crippen LogP contribution is 2.16. The van der Waals surface area contributed by atoms with E-state index < -0.39 is 12.1 Å². The first-order valence-corrected chi connectivity index (χ1v) is 34.7. The molecule has 0 radical (unpaired) electrons. The lowest BCUT2D eigenvalue weighted by Gasteiger charge is -2.18. The first-order valence-electron chi connectivity index (χ1n) is 34.7. The summed E-state index contributed by atoms with van der Waals surface area (Å²) in [4.78, 5) is 38.4. The van der Waals surface area contributed by atoms with Gasteiger partial charge in [-0.2, -0.15) is 0 Å². The minimum atomic E-state index is -0.825. The molecule has 0 N–H and O–H groups in total. The van der Waals surface area contributed by atoms with Gasteiger partial charge in [0.05, 0.1) is 6.42 Å². The van der Waals surface area contributed by atoms with Crippen molar-refractivity contribution in [2.45, 2.75) is 322 Å². The second-order valence-electron chi connectivity index (χ2n) is 22.7. The third-order valence-corrected chi connectivity index (χ3v) is 14.7. The molecule has 0 aliphatic rings. The summed E-state index contributed by atoms with van der Waals surface area (Å²) >= 11 is 0. The van der Waals surface area contributed by atoms with E-state index in [0.717, 1.165) is 103 Å². The van der Waals surface area contributed by atoms with Crippen molar-refractivity contribution in [1.29, 1.82) is 0 Å². The molecule has 0 rings (SSSR count). The number of hydrogen-bond acceptors (Lipinski definition) is 6. The molecule has 0 aliphatic carbocycles. The largest absolute Gasteiger partial charge is 0.462 e. The van der Waals surface area contributed by atoms with Crippen LogP contribution in [0, 0.1) is 0 Å². The second-order valence-corrected chi connectivity index (χ2v) is 22.7. The predicted molar refractivity (Wildman–Crippen MR) is 362 cm³/mol. The topological polar surface area (TPSA) is 78.9 Å². The van der Waals surface area contributed by atoms with E-state index in [1.165, 1.54) is 173 Å². The molecule has 0 aromatic carbocycles. The molecule has 83 heavy (non-hydrogen) atoms. The van der Waals surface area contributed by atoms with Crippen molar-refractivity contribution in [2.75, 3.05) is 13.2 Å². The van der Waals surface area contributed by atoms with Gasteiger partial charge in [0.15, 0.2) is 6.10 Å². The van der Waals surface area contributed by atoms with Crippen LogP contribution in [0.1, 0.15) is 316 Å². The van der Waals surface area contributed by atoms with E-state index in [2.05, 4.69) is 142 Å². The van der Waals surface area contributed by atoms with Crippen LogP contribution in [0.15, 0.2) is 134 Å². The molecule has 0 aromatic rings. The van der Waals surface area contributed by atoms with Gasteiger partial charge in [-0.3, -0.25) is 14.4 Å². The summed E-state index contributed by atoms with van der Waals surface area (Å²) in [6.07, 6.45) is 99.3. The van der Waals surface area contributed by atoms with Crippen molar-refractivity contribution in [3.8, 4) is 0 Å². The average molecular weight is 1150 g/mol. The standard InChI is InChI=1S/C77H128O6/c1-4-7-10-13-16-19-22-25-28-30-32-34-35-36-37-38-39-40-41-43-44-46-49-52-55-58-61-64-67-70-76(79)82-73-74(72-81-75(78)69-66-63-60-57-54-51-48-27-24-21-18-15-12-9-6-3)83-77(80)71-68-65-62-59-56-53-50-47-45-42-33-31-29-26-23-20-17-14-11-8-5-2/h7,9-10,12,16,18-19,21,25,27-28,31-34,36-37,48,54,57,63,66,74H,4-6,8,11,13-15,17,20,22-24,26,29-30,35,38-47,49-53,55-56,58-62,64-65,67-73H2,1-3H3/b10-7-,12-9-,19-16-,21-18-,28-25-,33-31-,34-32-,37-36-,48-27-,57-54-,66-63-. The quantitative estimate of drug-likeness (QED) is 0.0261. The summed E-state index contributed by atoms with van der Waals surface area (Å²) in [6, 6.07) is 0. The highest BCUT2D eigenvalue weighted by Gasteiger charge is 2.19. The zero-order valence-corrected chi connectivity index (χ0v) is 54.2. The van der Waals surface area contributed by atoms with Crippen LogP contribution in [0.4, 0.5) is 0 Å². The van der Waals surface area contributed by atoms with Gasteiger partial charge in [0, 0.05) is 12.8 Å². The van der Waals surface area contributed by atoms with Gasteiger partial charge in [-0.15, -0.1) is 0 Å². The summed E-state index contributed by atoms with van der Waals surface area (Å²) in [6.45, 7) is 6.35. The number of allylic oxidation sites excluding steroid dienone is 21. The smallest absolute Gasteiger partial charge is 0.309 e. The molecule has 1 unspecified atom stereocenters. The lowest BCUT2D eigenvalue weighted by molar-refractivity contribution is -0.166. The highest BCUT2D eigenvalue weighted by atomic mass is 16.6. The number of ether oxygens (including phenoxy) is 3. The highest BCUT2D eigenvalue weighted by molar-refractivity contribution is 5.72. The zero-order chi connectivity index (χ0) is 59.9. The van der Waals surface area contributed by atoms with E-state index >= 15 is 0 Å². The number of esters is 3. The minimum Gasteiger partial charge on any atom is -0.462 e. The van der Waals surface area contributed by atoms with Crippen molar-refractivity contribution < 1.29 is 28.6 Å². The van der Waals surface area contributed by atoms with Crippen molar-refractivity contribution in [1.82, 2.24) is 0 Å². The molecule has 0 amide bonds. The molecular weight excluding hydrogens is 1020 g/mol. The Bertz CT molecular complexity index is 1750. The normalized spacial score (nSPS) is 13.0. The van der Waals surface area contributed by atoms with Crippen LogP contribution >= 0.6 is 0 Å². The molecule has 0 fully saturated rings. The van der Waals surface area contributed by atoms with Crippen LogP contribution in [-0.2, 0) is 28.6 Å². The van der Waals surface area contributed by atoms with Gasteiger partial charge in [0.25, 0.3) is 0 Å². The van der Waals surface area contributed by atoms with E-state index in [1.807, 2.05) is 6.08 Å². The number of carbonyl (C=O) groups excluding carboxylic acids is 3. The zero-order valence-electron chi connectivity index (χ0n) is 54.2. The van der Waals surface area contributed by atoms with Crippen LogP contribution in [0.25, 0.3) is 0 Å². The van der Waals surface area contributed by atoms with Gasteiger partial charge in [-0.25, -0.2) is 0 Å². The average Bonchev–Trinajstić information content (AvgIpc) is 3.49. The van der Waals surface area contributed by atoms with Crippen molar-refractivity contribution in [3.05, 3.63) is 134 Å². The Balaban J connectivity index is 4.36. The Morgan fingerprint density at radius 2 is 0.518 bits per heavy atom. The van der Waals surface area contributed by atoms with Crippen molar-refractivity contribution in [3.63, 3.8) is 0 Å². The summed E-state index contributed by atoms with van der Waals surface area (Å²) < 4.78 is 16.9. The van der Waals surface area contributed by atoms with Crippen LogP contribution in [0.2, 0.25) is 0 Å². The Morgan fingerprint density at radius 3 is 0.855 bits per heavy atom. The Labute approximate surface area is 513 Å². The first kappa shape index (κ1) is 78.5. The fraction of sp³-hybridized carbons (Fsp3) is 0.675. The third-order valence-electron chi connectivity index (χ3n) is 14.7. The Kier molecular flexibility index (Phi) is 66.3. The number of unbranched alkanes of at least 4 members (excludes halogenated alkanes) is 30. The molecule has 0 saturated carbocycles. The molecule has 472 valence electrons. The van der Waals surface area contributed by atoms with E-state index in [-0.39, 0.29) is 31.6 Å². The summed E-state index contributed by atoms with van der Waals surface area (Å²) in [7, 11) is 0. The molecule has 0 aromatic heterocycles. The van der Waals surface area contributed by atoms with Crippen LogP contribution in [-0.4, -0.2) is 37.2 Å². The van der Waals surface area contributed by atoms with E-state index in [4.69, 9.17) is 14.2 Å². The molecule has 0 saturated heterocycles. The number of hydrogen-bond donors (Lipinski definition) is 0. The maximum atomic E-state index is 12.9. The number of carbonyl (C=O) groups is 3. The fourth-order valence-corrected chi connectivity index (χ4v) is 9.54. The monoisotopic (exact) mass is 1150 g/mol. The second kappa shape index (κ2) is 70.0. The van der Waals surface area contributed by atoms with Crippen LogP contribution in [0.5, 0.6) is 0 Å². The number of rotatable bonds is 62.